The van der Waals surface area contributed by atoms with E-state index in [1.165, 1.54) is 0 Å². The summed E-state index contributed by atoms with van der Waals surface area (Å²) in [6, 6.07) is 9.54. The van der Waals surface area contributed by atoms with Crippen LogP contribution < -0.4 is 9.47 Å². The van der Waals surface area contributed by atoms with Gasteiger partial charge in [0.25, 0.3) is 0 Å². The molecule has 3 aromatic rings. The SMILES string of the molecule is COc1ccc(OC)c(Cc2cc(-c3ccncc3Cl)n[nH]2)c1. The average Bonchev–Trinajstić information content (AvgIpc) is 3.03. The summed E-state index contributed by atoms with van der Waals surface area (Å²) in [5.74, 6) is 1.60. The molecule has 0 radical (unpaired) electrons. The number of pyridine rings is 1. The van der Waals surface area contributed by atoms with Crippen molar-refractivity contribution in [1.29, 1.82) is 0 Å². The number of hydrogen-bond donors (Lipinski definition) is 1. The van der Waals surface area contributed by atoms with Crippen molar-refractivity contribution in [3.63, 3.8) is 0 Å². The Balaban J connectivity index is 1.89. The molecule has 2 aromatic heterocycles. The van der Waals surface area contributed by atoms with Gasteiger partial charge in [-0.1, -0.05) is 11.6 Å². The molecule has 0 fully saturated rings. The Labute approximate surface area is 139 Å². The minimum Gasteiger partial charge on any atom is -0.497 e. The van der Waals surface area contributed by atoms with Crippen molar-refractivity contribution in [1.82, 2.24) is 15.2 Å². The van der Waals surface area contributed by atoms with E-state index >= 15 is 0 Å². The third kappa shape index (κ3) is 3.29. The van der Waals surface area contributed by atoms with Crippen molar-refractivity contribution in [3.8, 4) is 22.8 Å². The zero-order chi connectivity index (χ0) is 16.2. The van der Waals surface area contributed by atoms with Crippen LogP contribution in [0, 0.1) is 0 Å². The van der Waals surface area contributed by atoms with Crippen molar-refractivity contribution < 1.29 is 9.47 Å². The highest BCUT2D eigenvalue weighted by molar-refractivity contribution is 6.33. The lowest BCUT2D eigenvalue weighted by Gasteiger charge is -2.09. The number of nitrogens with one attached hydrogen (secondary N) is 1. The fourth-order valence-electron chi connectivity index (χ4n) is 2.40. The molecule has 0 aliphatic carbocycles. The number of rotatable bonds is 5. The predicted molar refractivity (Wildman–Crippen MR) is 89.2 cm³/mol. The molecule has 3 rings (SSSR count). The Morgan fingerprint density at radius 1 is 1.13 bits per heavy atom. The number of ether oxygens (including phenoxy) is 2. The van der Waals surface area contributed by atoms with Gasteiger partial charge in [-0.05, 0) is 30.3 Å². The smallest absolute Gasteiger partial charge is 0.122 e. The van der Waals surface area contributed by atoms with Crippen molar-refractivity contribution in [2.75, 3.05) is 14.2 Å². The van der Waals surface area contributed by atoms with Crippen LogP contribution in [0.5, 0.6) is 11.5 Å². The number of methoxy groups -OCH3 is 2. The number of nitrogens with zero attached hydrogens (tertiary/aromatic N) is 2. The molecule has 0 aliphatic rings. The number of H-pyrrole nitrogens is 1. The summed E-state index contributed by atoms with van der Waals surface area (Å²) < 4.78 is 10.7. The molecule has 0 saturated carbocycles. The number of aromatic nitrogens is 3. The van der Waals surface area contributed by atoms with E-state index in [0.29, 0.717) is 11.4 Å². The van der Waals surface area contributed by atoms with Gasteiger partial charge in [-0.25, -0.2) is 0 Å². The van der Waals surface area contributed by atoms with E-state index in [9.17, 15) is 0 Å². The first-order valence-corrected chi connectivity index (χ1v) is 7.44. The normalized spacial score (nSPS) is 10.6. The largest absolute Gasteiger partial charge is 0.497 e. The molecule has 6 heteroatoms. The molecular formula is C17H16ClN3O2. The van der Waals surface area contributed by atoms with Gasteiger partial charge in [-0.3, -0.25) is 10.1 Å². The van der Waals surface area contributed by atoms with Crippen LogP contribution in [0.15, 0.2) is 42.7 Å². The number of halogens is 1. The Kier molecular flexibility index (Phi) is 4.48. The van der Waals surface area contributed by atoms with Gasteiger partial charge in [0.1, 0.15) is 11.5 Å². The zero-order valence-electron chi connectivity index (χ0n) is 12.8. The fraction of sp³-hybridized carbons (Fsp3) is 0.176. The van der Waals surface area contributed by atoms with E-state index < -0.39 is 0 Å². The molecule has 0 bridgehead atoms. The molecule has 0 aliphatic heterocycles. The first-order valence-electron chi connectivity index (χ1n) is 7.06. The van der Waals surface area contributed by atoms with Gasteiger partial charge >= 0.3 is 0 Å². The molecule has 0 atom stereocenters. The molecule has 0 saturated heterocycles. The second kappa shape index (κ2) is 6.71. The summed E-state index contributed by atoms with van der Waals surface area (Å²) in [5.41, 5.74) is 3.61. The minimum absolute atomic E-state index is 0.574. The molecule has 23 heavy (non-hydrogen) atoms. The number of hydrogen-bond acceptors (Lipinski definition) is 4. The highest BCUT2D eigenvalue weighted by Gasteiger charge is 2.11. The highest BCUT2D eigenvalue weighted by atomic mass is 35.5. The van der Waals surface area contributed by atoms with Crippen molar-refractivity contribution in [2.45, 2.75) is 6.42 Å². The van der Waals surface area contributed by atoms with Gasteiger partial charge in [-0.2, -0.15) is 5.10 Å². The van der Waals surface area contributed by atoms with Gasteiger partial charge in [-0.15, -0.1) is 0 Å². The van der Waals surface area contributed by atoms with E-state index in [0.717, 1.165) is 34.0 Å². The summed E-state index contributed by atoms with van der Waals surface area (Å²) >= 11 is 6.16. The van der Waals surface area contributed by atoms with E-state index in [-0.39, 0.29) is 0 Å². The summed E-state index contributed by atoms with van der Waals surface area (Å²) in [6.07, 6.45) is 3.95. The van der Waals surface area contributed by atoms with E-state index in [1.807, 2.05) is 30.3 Å². The lowest BCUT2D eigenvalue weighted by Crippen LogP contribution is -1.95. The summed E-state index contributed by atoms with van der Waals surface area (Å²) in [7, 11) is 3.30. The minimum atomic E-state index is 0.574. The van der Waals surface area contributed by atoms with Crippen molar-refractivity contribution >= 4 is 11.6 Å². The van der Waals surface area contributed by atoms with Gasteiger partial charge in [0.15, 0.2) is 0 Å². The molecule has 2 heterocycles. The topological polar surface area (TPSA) is 60.0 Å². The molecule has 1 aromatic carbocycles. The quantitative estimate of drug-likeness (QED) is 0.774. The third-order valence-electron chi connectivity index (χ3n) is 3.55. The average molecular weight is 330 g/mol. The van der Waals surface area contributed by atoms with Crippen molar-refractivity contribution in [2.24, 2.45) is 0 Å². The van der Waals surface area contributed by atoms with Crippen LogP contribution in [-0.4, -0.2) is 29.4 Å². The number of benzene rings is 1. The maximum Gasteiger partial charge on any atom is 0.122 e. The maximum absolute atomic E-state index is 6.16. The monoisotopic (exact) mass is 329 g/mol. The van der Waals surface area contributed by atoms with E-state index in [1.54, 1.807) is 26.6 Å². The molecular weight excluding hydrogens is 314 g/mol. The van der Waals surface area contributed by atoms with Gasteiger partial charge < -0.3 is 9.47 Å². The van der Waals surface area contributed by atoms with E-state index in [4.69, 9.17) is 21.1 Å². The Morgan fingerprint density at radius 2 is 2.00 bits per heavy atom. The second-order valence-electron chi connectivity index (χ2n) is 4.99. The summed E-state index contributed by atoms with van der Waals surface area (Å²) in [5, 5.41) is 7.95. The fourth-order valence-corrected chi connectivity index (χ4v) is 2.61. The third-order valence-corrected chi connectivity index (χ3v) is 3.85. The summed E-state index contributed by atoms with van der Waals surface area (Å²) in [6.45, 7) is 0. The molecule has 118 valence electrons. The van der Waals surface area contributed by atoms with Gasteiger partial charge in [0.05, 0.1) is 24.9 Å². The summed E-state index contributed by atoms with van der Waals surface area (Å²) in [4.78, 5) is 3.99. The van der Waals surface area contributed by atoms with Crippen LogP contribution in [0.25, 0.3) is 11.3 Å². The van der Waals surface area contributed by atoms with Crippen LogP contribution in [0.3, 0.4) is 0 Å². The lowest BCUT2D eigenvalue weighted by molar-refractivity contribution is 0.399. The molecule has 0 amide bonds. The molecule has 0 spiro atoms. The maximum atomic E-state index is 6.16. The van der Waals surface area contributed by atoms with Crippen LogP contribution in [0.1, 0.15) is 11.3 Å². The van der Waals surface area contributed by atoms with Crippen LogP contribution in [-0.2, 0) is 6.42 Å². The van der Waals surface area contributed by atoms with Crippen molar-refractivity contribution in [3.05, 3.63) is 59.0 Å². The first-order chi connectivity index (χ1) is 11.2. The lowest BCUT2D eigenvalue weighted by atomic mass is 10.1. The van der Waals surface area contributed by atoms with Crippen LogP contribution >= 0.6 is 11.6 Å². The Bertz CT molecular complexity index is 817. The predicted octanol–water partition coefficient (Wildman–Crippen LogP) is 3.73. The second-order valence-corrected chi connectivity index (χ2v) is 5.40. The van der Waals surface area contributed by atoms with Crippen LogP contribution in [0.2, 0.25) is 5.02 Å². The Hall–Kier alpha value is -2.53. The molecule has 0 unspecified atom stereocenters. The standard InChI is InChI=1S/C17H16ClN3O2/c1-22-13-3-4-17(23-2)11(8-13)7-12-9-16(21-20-12)14-5-6-19-10-15(14)18/h3-6,8-10H,7H2,1-2H3,(H,20,21). The molecule has 1 N–H and O–H groups in total. The van der Waals surface area contributed by atoms with Crippen LogP contribution in [0.4, 0.5) is 0 Å². The number of aromatic amines is 1. The first kappa shape index (κ1) is 15.4. The van der Waals surface area contributed by atoms with Gasteiger partial charge in [0.2, 0.25) is 0 Å². The molecule has 5 nitrogen and oxygen atoms in total. The Morgan fingerprint density at radius 3 is 2.74 bits per heavy atom. The zero-order valence-corrected chi connectivity index (χ0v) is 13.6. The van der Waals surface area contributed by atoms with Gasteiger partial charge in [0, 0.05) is 35.6 Å². The van der Waals surface area contributed by atoms with E-state index in [2.05, 4.69) is 15.2 Å². The highest BCUT2D eigenvalue weighted by Crippen LogP contribution is 2.29.